The molecule has 0 fully saturated rings. The number of aryl methyl sites for hydroxylation is 4. The Bertz CT molecular complexity index is 1240. The Hall–Kier alpha value is -2.99. The maximum absolute atomic E-state index is 12.6. The van der Waals surface area contributed by atoms with Crippen molar-refractivity contribution in [2.45, 2.75) is 46.6 Å². The summed E-state index contributed by atoms with van der Waals surface area (Å²) in [4.78, 5) is 22.8. The lowest BCUT2D eigenvalue weighted by atomic mass is 10.1. The molecular weight excluding hydrogens is 406 g/mol. The van der Waals surface area contributed by atoms with Gasteiger partial charge in [0, 0.05) is 17.5 Å². The Morgan fingerprint density at radius 3 is 2.77 bits per heavy atom. The van der Waals surface area contributed by atoms with Crippen LogP contribution in [-0.2, 0) is 36.0 Å². The molecular formula is C25H27N3O2S. The molecule has 0 aliphatic rings. The molecule has 0 saturated heterocycles. The third kappa shape index (κ3) is 4.69. The number of rotatable bonds is 7. The van der Waals surface area contributed by atoms with Crippen molar-refractivity contribution in [2.24, 2.45) is 7.05 Å². The van der Waals surface area contributed by atoms with Crippen LogP contribution in [0.5, 0.6) is 0 Å². The van der Waals surface area contributed by atoms with Gasteiger partial charge in [-0.15, -0.1) is 11.3 Å². The van der Waals surface area contributed by atoms with E-state index < -0.39 is 0 Å². The Morgan fingerprint density at radius 2 is 2.00 bits per heavy atom. The number of hydrogen-bond donors (Lipinski definition) is 0. The van der Waals surface area contributed by atoms with E-state index in [0.717, 1.165) is 50.6 Å². The zero-order valence-electron chi connectivity index (χ0n) is 18.4. The number of fused-ring (bicyclic) bond motifs is 1. The molecule has 0 radical (unpaired) electrons. The topological polar surface area (TPSA) is 57.0 Å². The average molecular weight is 434 g/mol. The number of thiazole rings is 1. The van der Waals surface area contributed by atoms with Gasteiger partial charge in [-0.25, -0.2) is 9.97 Å². The third-order valence-corrected chi connectivity index (χ3v) is 6.50. The van der Waals surface area contributed by atoms with Crippen molar-refractivity contribution >= 4 is 28.3 Å². The number of imidazole rings is 1. The maximum atomic E-state index is 12.6. The molecule has 0 bridgehead atoms. The first-order valence-corrected chi connectivity index (χ1v) is 11.4. The van der Waals surface area contributed by atoms with Crippen LogP contribution in [0.3, 0.4) is 0 Å². The SMILES string of the molecule is CCCc1nc(-c2ccc(C)cc2C)sc1CC(=O)OCc1ccc2c(c1)ncn2C. The van der Waals surface area contributed by atoms with E-state index in [2.05, 4.69) is 44.0 Å². The summed E-state index contributed by atoms with van der Waals surface area (Å²) in [5.74, 6) is -0.228. The number of ether oxygens (including phenoxy) is 1. The van der Waals surface area contributed by atoms with Gasteiger partial charge in [0.25, 0.3) is 0 Å². The molecule has 0 atom stereocenters. The predicted octanol–water partition coefficient (Wildman–Crippen LogP) is 5.55. The molecule has 5 nitrogen and oxygen atoms in total. The summed E-state index contributed by atoms with van der Waals surface area (Å²) in [6.07, 6.45) is 3.89. The van der Waals surface area contributed by atoms with Gasteiger partial charge >= 0.3 is 5.97 Å². The molecule has 4 rings (SSSR count). The van der Waals surface area contributed by atoms with E-state index in [4.69, 9.17) is 9.72 Å². The van der Waals surface area contributed by atoms with E-state index in [1.807, 2.05) is 29.8 Å². The van der Waals surface area contributed by atoms with Crippen LogP contribution in [-0.4, -0.2) is 20.5 Å². The van der Waals surface area contributed by atoms with Crippen LogP contribution in [0.15, 0.2) is 42.7 Å². The highest BCUT2D eigenvalue weighted by atomic mass is 32.1. The lowest BCUT2D eigenvalue weighted by Gasteiger charge is -2.05. The molecule has 0 N–H and O–H groups in total. The number of esters is 1. The summed E-state index contributed by atoms with van der Waals surface area (Å²) in [5, 5.41) is 0.976. The normalized spacial score (nSPS) is 11.2. The third-order valence-electron chi connectivity index (χ3n) is 5.37. The summed E-state index contributed by atoms with van der Waals surface area (Å²) in [5.41, 5.74) is 7.49. The van der Waals surface area contributed by atoms with E-state index in [-0.39, 0.29) is 19.0 Å². The van der Waals surface area contributed by atoms with Crippen LogP contribution in [0.25, 0.3) is 21.6 Å². The van der Waals surface area contributed by atoms with Crippen LogP contribution in [0, 0.1) is 13.8 Å². The zero-order valence-corrected chi connectivity index (χ0v) is 19.3. The second-order valence-corrected chi connectivity index (χ2v) is 9.06. The van der Waals surface area contributed by atoms with Crippen molar-refractivity contribution in [1.82, 2.24) is 14.5 Å². The number of carbonyl (C=O) groups excluding carboxylic acids is 1. The standard InChI is InChI=1S/C25H27N3O2S/c1-5-6-20-23(31-25(27-20)19-9-7-16(2)11-17(19)3)13-24(29)30-14-18-8-10-22-21(12-18)26-15-28(22)4/h7-12,15H,5-6,13-14H2,1-4H3. The van der Waals surface area contributed by atoms with E-state index in [1.165, 1.54) is 11.1 Å². The summed E-state index contributed by atoms with van der Waals surface area (Å²) in [6.45, 7) is 6.58. The molecule has 31 heavy (non-hydrogen) atoms. The van der Waals surface area contributed by atoms with Crippen molar-refractivity contribution in [3.63, 3.8) is 0 Å². The fraction of sp³-hybridized carbons (Fsp3) is 0.320. The number of carbonyl (C=O) groups is 1. The second kappa shape index (κ2) is 9.02. The van der Waals surface area contributed by atoms with E-state index in [1.54, 1.807) is 17.7 Å². The Labute approximate surface area is 186 Å². The van der Waals surface area contributed by atoms with Gasteiger partial charge in [0.05, 0.1) is 29.5 Å². The Kier molecular flexibility index (Phi) is 6.18. The van der Waals surface area contributed by atoms with Crippen molar-refractivity contribution < 1.29 is 9.53 Å². The number of hydrogen-bond acceptors (Lipinski definition) is 5. The molecule has 0 aliphatic carbocycles. The van der Waals surface area contributed by atoms with Gasteiger partial charge in [-0.05, 0) is 43.5 Å². The minimum absolute atomic E-state index is 0.228. The van der Waals surface area contributed by atoms with Gasteiger partial charge in [-0.1, -0.05) is 43.2 Å². The van der Waals surface area contributed by atoms with Gasteiger partial charge in [-0.3, -0.25) is 4.79 Å². The van der Waals surface area contributed by atoms with Gasteiger partial charge in [0.15, 0.2) is 0 Å². The summed E-state index contributed by atoms with van der Waals surface area (Å²) >= 11 is 1.60. The van der Waals surface area contributed by atoms with Crippen LogP contribution < -0.4 is 0 Å². The summed E-state index contributed by atoms with van der Waals surface area (Å²) in [6, 6.07) is 12.3. The van der Waals surface area contributed by atoms with Gasteiger partial charge in [0.1, 0.15) is 11.6 Å². The van der Waals surface area contributed by atoms with Crippen LogP contribution in [0.4, 0.5) is 0 Å². The molecule has 0 spiro atoms. The van der Waals surface area contributed by atoms with Crippen LogP contribution >= 0.6 is 11.3 Å². The highest BCUT2D eigenvalue weighted by molar-refractivity contribution is 7.15. The quantitative estimate of drug-likeness (QED) is 0.359. The van der Waals surface area contributed by atoms with E-state index >= 15 is 0 Å². The van der Waals surface area contributed by atoms with Gasteiger partial charge in [0.2, 0.25) is 0 Å². The highest BCUT2D eigenvalue weighted by Gasteiger charge is 2.17. The zero-order chi connectivity index (χ0) is 22.0. The first-order chi connectivity index (χ1) is 14.9. The summed E-state index contributed by atoms with van der Waals surface area (Å²) < 4.78 is 7.55. The molecule has 4 aromatic rings. The molecule has 0 saturated carbocycles. The first-order valence-electron chi connectivity index (χ1n) is 10.6. The van der Waals surface area contributed by atoms with Crippen molar-refractivity contribution in [3.8, 4) is 10.6 Å². The minimum Gasteiger partial charge on any atom is -0.461 e. The van der Waals surface area contributed by atoms with Crippen molar-refractivity contribution in [2.75, 3.05) is 0 Å². The number of nitrogens with zero attached hydrogens (tertiary/aromatic N) is 3. The molecule has 2 aromatic carbocycles. The lowest BCUT2D eigenvalue weighted by Crippen LogP contribution is -2.08. The van der Waals surface area contributed by atoms with Crippen LogP contribution in [0.1, 0.15) is 40.6 Å². The molecule has 6 heteroatoms. The Balaban J connectivity index is 1.47. The first kappa shape index (κ1) is 21.2. The highest BCUT2D eigenvalue weighted by Crippen LogP contribution is 2.32. The fourth-order valence-electron chi connectivity index (χ4n) is 3.74. The molecule has 2 aromatic heterocycles. The molecule has 2 heterocycles. The molecule has 0 aliphatic heterocycles. The fourth-order valence-corrected chi connectivity index (χ4v) is 4.92. The number of aromatic nitrogens is 3. The maximum Gasteiger partial charge on any atom is 0.311 e. The van der Waals surface area contributed by atoms with Crippen LogP contribution in [0.2, 0.25) is 0 Å². The van der Waals surface area contributed by atoms with E-state index in [9.17, 15) is 4.79 Å². The molecule has 0 amide bonds. The summed E-state index contributed by atoms with van der Waals surface area (Å²) in [7, 11) is 1.96. The minimum atomic E-state index is -0.228. The number of benzene rings is 2. The van der Waals surface area contributed by atoms with E-state index in [0.29, 0.717) is 0 Å². The Morgan fingerprint density at radius 1 is 1.16 bits per heavy atom. The smallest absolute Gasteiger partial charge is 0.311 e. The largest absolute Gasteiger partial charge is 0.461 e. The molecule has 160 valence electrons. The monoisotopic (exact) mass is 433 g/mol. The predicted molar refractivity (Wildman–Crippen MR) is 125 cm³/mol. The van der Waals surface area contributed by atoms with Gasteiger partial charge < -0.3 is 9.30 Å². The van der Waals surface area contributed by atoms with Crippen molar-refractivity contribution in [3.05, 3.63) is 70.0 Å². The second-order valence-electron chi connectivity index (χ2n) is 7.97. The van der Waals surface area contributed by atoms with Crippen molar-refractivity contribution in [1.29, 1.82) is 0 Å². The molecule has 0 unspecified atom stereocenters. The average Bonchev–Trinajstić information content (AvgIpc) is 3.30. The lowest BCUT2D eigenvalue weighted by molar-refractivity contribution is -0.144. The van der Waals surface area contributed by atoms with Gasteiger partial charge in [-0.2, -0.15) is 0 Å².